The van der Waals surface area contributed by atoms with E-state index >= 15 is 0 Å². The van der Waals surface area contributed by atoms with E-state index in [1.165, 1.54) is 7.11 Å². The molecule has 21 heavy (non-hydrogen) atoms. The van der Waals surface area contributed by atoms with Gasteiger partial charge in [0.15, 0.2) is 0 Å². The van der Waals surface area contributed by atoms with Crippen molar-refractivity contribution in [2.24, 2.45) is 5.73 Å². The van der Waals surface area contributed by atoms with Crippen LogP contribution in [0.5, 0.6) is 0 Å². The van der Waals surface area contributed by atoms with E-state index in [1.807, 2.05) is 6.07 Å². The predicted molar refractivity (Wildman–Crippen MR) is 76.8 cm³/mol. The molecule has 1 aromatic rings. The van der Waals surface area contributed by atoms with Crippen LogP contribution in [0.15, 0.2) is 47.1 Å². The predicted octanol–water partition coefficient (Wildman–Crippen LogP) is 2.59. The molecule has 0 saturated carbocycles. The maximum Gasteiger partial charge on any atom is 0.338 e. The van der Waals surface area contributed by atoms with Crippen molar-refractivity contribution in [1.29, 1.82) is 5.26 Å². The van der Waals surface area contributed by atoms with Gasteiger partial charge in [-0.2, -0.15) is 5.26 Å². The number of hydrogen-bond donors (Lipinski definition) is 1. The van der Waals surface area contributed by atoms with Crippen LogP contribution in [0.3, 0.4) is 0 Å². The lowest BCUT2D eigenvalue weighted by atomic mass is 9.83. The number of ether oxygens (including phenoxy) is 2. The molecule has 0 fully saturated rings. The van der Waals surface area contributed by atoms with Crippen molar-refractivity contribution >= 4 is 17.6 Å². The van der Waals surface area contributed by atoms with Crippen molar-refractivity contribution in [3.05, 3.63) is 57.6 Å². The molecule has 0 saturated heterocycles. The van der Waals surface area contributed by atoms with Gasteiger partial charge in [-0.25, -0.2) is 4.79 Å². The van der Waals surface area contributed by atoms with E-state index in [9.17, 15) is 10.1 Å². The Bertz CT molecular complexity index is 701. The molecule has 0 aliphatic carbocycles. The van der Waals surface area contributed by atoms with Gasteiger partial charge in [0.05, 0.1) is 18.6 Å². The lowest BCUT2D eigenvalue weighted by molar-refractivity contribution is -0.136. The number of hydrogen-bond acceptors (Lipinski definition) is 5. The highest BCUT2D eigenvalue weighted by atomic mass is 35.5. The molecule has 2 rings (SSSR count). The fourth-order valence-corrected chi connectivity index (χ4v) is 2.47. The zero-order valence-electron chi connectivity index (χ0n) is 11.5. The van der Waals surface area contributed by atoms with Gasteiger partial charge in [0.1, 0.15) is 17.4 Å². The molecular weight excluding hydrogens is 292 g/mol. The van der Waals surface area contributed by atoms with Crippen LogP contribution in [0.25, 0.3) is 0 Å². The first kappa shape index (κ1) is 14.9. The maximum atomic E-state index is 12.0. The number of benzene rings is 1. The Labute approximate surface area is 127 Å². The van der Waals surface area contributed by atoms with Crippen LogP contribution in [0.4, 0.5) is 0 Å². The summed E-state index contributed by atoms with van der Waals surface area (Å²) in [5.74, 6) is -0.941. The number of carbonyl (C=O) groups is 1. The summed E-state index contributed by atoms with van der Waals surface area (Å²) in [6.07, 6.45) is 0. The van der Waals surface area contributed by atoms with Gasteiger partial charge >= 0.3 is 5.97 Å². The van der Waals surface area contributed by atoms with Gasteiger partial charge < -0.3 is 15.2 Å². The molecule has 1 heterocycles. The van der Waals surface area contributed by atoms with E-state index in [0.29, 0.717) is 16.3 Å². The second kappa shape index (κ2) is 5.90. The summed E-state index contributed by atoms with van der Waals surface area (Å²) in [7, 11) is 1.27. The summed E-state index contributed by atoms with van der Waals surface area (Å²) in [6.45, 7) is 1.60. The quantitative estimate of drug-likeness (QED) is 0.849. The second-order valence-electron chi connectivity index (χ2n) is 4.44. The molecular formula is C15H13ClN2O3. The number of esters is 1. The van der Waals surface area contributed by atoms with Gasteiger partial charge in [0.25, 0.3) is 0 Å². The van der Waals surface area contributed by atoms with E-state index < -0.39 is 11.9 Å². The van der Waals surface area contributed by atoms with Gasteiger partial charge in [0, 0.05) is 5.02 Å². The van der Waals surface area contributed by atoms with Crippen molar-refractivity contribution in [3.63, 3.8) is 0 Å². The van der Waals surface area contributed by atoms with Crippen molar-refractivity contribution in [1.82, 2.24) is 0 Å². The zero-order chi connectivity index (χ0) is 15.6. The Kier molecular flexibility index (Phi) is 4.20. The highest BCUT2D eigenvalue weighted by Gasteiger charge is 2.36. The Hall–Kier alpha value is -2.45. The van der Waals surface area contributed by atoms with E-state index in [2.05, 4.69) is 0 Å². The molecule has 2 N–H and O–H groups in total. The number of nitrogens with two attached hydrogens (primary N) is 1. The molecule has 0 spiro atoms. The van der Waals surface area contributed by atoms with Crippen LogP contribution in [-0.2, 0) is 14.3 Å². The van der Waals surface area contributed by atoms with Gasteiger partial charge in [-0.05, 0) is 24.6 Å². The number of nitriles is 1. The number of carbonyl (C=O) groups excluding carboxylic acids is 1. The number of rotatable bonds is 2. The third kappa shape index (κ3) is 2.71. The number of allylic oxidation sites excluding steroid dienone is 2. The van der Waals surface area contributed by atoms with Gasteiger partial charge in [0.2, 0.25) is 5.88 Å². The summed E-state index contributed by atoms with van der Waals surface area (Å²) in [5, 5.41) is 9.84. The van der Waals surface area contributed by atoms with Crippen molar-refractivity contribution in [2.45, 2.75) is 12.8 Å². The van der Waals surface area contributed by atoms with E-state index in [4.69, 9.17) is 26.8 Å². The first-order valence-corrected chi connectivity index (χ1v) is 6.49. The molecule has 0 bridgehead atoms. The normalized spacial score (nSPS) is 18.1. The van der Waals surface area contributed by atoms with Crippen LogP contribution in [0, 0.1) is 11.3 Å². The standard InChI is InChI=1S/C15H13ClN2O3/c1-8-12(15(19)20-2)13(11(7-17)14(18)21-8)9-4-3-5-10(16)6-9/h3-6,13H,18H2,1-2H3. The fraction of sp³-hybridized carbons (Fsp3) is 0.200. The third-order valence-electron chi connectivity index (χ3n) is 3.19. The summed E-state index contributed by atoms with van der Waals surface area (Å²) in [5.41, 5.74) is 6.83. The molecule has 1 aliphatic heterocycles. The highest BCUT2D eigenvalue weighted by molar-refractivity contribution is 6.30. The zero-order valence-corrected chi connectivity index (χ0v) is 12.3. The summed E-state index contributed by atoms with van der Waals surface area (Å²) in [6, 6.07) is 8.89. The lowest BCUT2D eigenvalue weighted by Crippen LogP contribution is -2.25. The van der Waals surface area contributed by atoms with Crippen molar-refractivity contribution in [2.75, 3.05) is 7.11 Å². The largest absolute Gasteiger partial charge is 0.466 e. The van der Waals surface area contributed by atoms with Crippen LogP contribution in [0.2, 0.25) is 5.02 Å². The van der Waals surface area contributed by atoms with Crippen LogP contribution in [-0.4, -0.2) is 13.1 Å². The molecule has 0 radical (unpaired) electrons. The Morgan fingerprint density at radius 3 is 2.81 bits per heavy atom. The lowest BCUT2D eigenvalue weighted by Gasteiger charge is -2.26. The summed E-state index contributed by atoms with van der Waals surface area (Å²) >= 11 is 6.00. The minimum atomic E-state index is -0.658. The fourth-order valence-electron chi connectivity index (χ4n) is 2.28. The molecule has 6 heteroatoms. The second-order valence-corrected chi connectivity index (χ2v) is 4.88. The first-order chi connectivity index (χ1) is 9.99. The topological polar surface area (TPSA) is 85.3 Å². The average Bonchev–Trinajstić information content (AvgIpc) is 2.45. The van der Waals surface area contributed by atoms with E-state index in [0.717, 1.165) is 0 Å². The molecule has 0 amide bonds. The minimum Gasteiger partial charge on any atom is -0.466 e. The molecule has 0 aromatic heterocycles. The molecule has 1 aromatic carbocycles. The van der Waals surface area contributed by atoms with Crippen LogP contribution < -0.4 is 5.73 Å². The SMILES string of the molecule is COC(=O)C1=C(C)OC(N)=C(C#N)C1c1cccc(Cl)c1. The summed E-state index contributed by atoms with van der Waals surface area (Å²) < 4.78 is 10.1. The molecule has 1 unspecified atom stereocenters. The maximum absolute atomic E-state index is 12.0. The molecule has 1 aliphatic rings. The van der Waals surface area contributed by atoms with Crippen LogP contribution in [0.1, 0.15) is 18.4 Å². The van der Waals surface area contributed by atoms with Crippen molar-refractivity contribution in [3.8, 4) is 6.07 Å². The van der Waals surface area contributed by atoms with E-state index in [-0.39, 0.29) is 17.0 Å². The number of nitrogens with zero attached hydrogens (tertiary/aromatic N) is 1. The van der Waals surface area contributed by atoms with Gasteiger partial charge in [-0.3, -0.25) is 0 Å². The Morgan fingerprint density at radius 1 is 1.52 bits per heavy atom. The highest BCUT2D eigenvalue weighted by Crippen LogP contribution is 2.39. The van der Waals surface area contributed by atoms with Gasteiger partial charge in [-0.1, -0.05) is 23.7 Å². The summed E-state index contributed by atoms with van der Waals surface area (Å²) in [4.78, 5) is 12.0. The minimum absolute atomic E-state index is 0.0207. The monoisotopic (exact) mass is 304 g/mol. The number of methoxy groups -OCH3 is 1. The Balaban J connectivity index is 2.66. The Morgan fingerprint density at radius 2 is 2.24 bits per heavy atom. The first-order valence-electron chi connectivity index (χ1n) is 6.11. The van der Waals surface area contributed by atoms with Crippen molar-refractivity contribution < 1.29 is 14.3 Å². The molecule has 1 atom stereocenters. The van der Waals surface area contributed by atoms with E-state index in [1.54, 1.807) is 31.2 Å². The average molecular weight is 305 g/mol. The number of halogens is 1. The van der Waals surface area contributed by atoms with Gasteiger partial charge in [-0.15, -0.1) is 0 Å². The van der Waals surface area contributed by atoms with Crippen LogP contribution >= 0.6 is 11.6 Å². The molecule has 108 valence electrons. The smallest absolute Gasteiger partial charge is 0.338 e. The molecule has 5 nitrogen and oxygen atoms in total. The third-order valence-corrected chi connectivity index (χ3v) is 3.43.